The van der Waals surface area contributed by atoms with Gasteiger partial charge in [-0.25, -0.2) is 0 Å². The molecule has 0 fully saturated rings. The number of azo groups is 2. The summed E-state index contributed by atoms with van der Waals surface area (Å²) in [5.74, 6) is 0. The second kappa shape index (κ2) is 13.6. The van der Waals surface area contributed by atoms with Crippen LogP contribution in [-0.4, -0.2) is 13.1 Å². The lowest BCUT2D eigenvalue weighted by molar-refractivity contribution is 1.21. The van der Waals surface area contributed by atoms with Crippen LogP contribution in [0.4, 0.5) is 34.1 Å². The highest BCUT2D eigenvalue weighted by Crippen LogP contribution is 2.34. The molecule has 0 amide bonds. The van der Waals surface area contributed by atoms with Crippen molar-refractivity contribution in [3.05, 3.63) is 132 Å². The first-order valence-electron chi connectivity index (χ1n) is 14.9. The largest absolute Gasteiger partial charge is 0.385 e. The first kappa shape index (κ1) is 28.5. The summed E-state index contributed by atoms with van der Waals surface area (Å²) in [5.41, 5.74) is 7.70. The molecule has 0 unspecified atom stereocenters. The number of hydrogen-bond acceptors (Lipinski definition) is 6. The molecule has 0 heterocycles. The number of benzene rings is 6. The van der Waals surface area contributed by atoms with Crippen LogP contribution >= 0.6 is 0 Å². The number of hydrogen-bond donors (Lipinski definition) is 2. The van der Waals surface area contributed by atoms with Gasteiger partial charge in [-0.05, 0) is 73.5 Å². The Hall–Kier alpha value is -5.62. The lowest BCUT2D eigenvalue weighted by atomic mass is 10.1. The average Bonchev–Trinajstić information content (AvgIpc) is 3.08. The monoisotopic (exact) mass is 574 g/mol. The first-order valence-corrected chi connectivity index (χ1v) is 14.9. The van der Waals surface area contributed by atoms with E-state index >= 15 is 0 Å². The predicted octanol–water partition coefficient (Wildman–Crippen LogP) is 11.9. The van der Waals surface area contributed by atoms with Crippen molar-refractivity contribution in [1.29, 1.82) is 0 Å². The Kier molecular flexibility index (Phi) is 8.79. The van der Waals surface area contributed by atoms with E-state index in [4.69, 9.17) is 0 Å². The van der Waals surface area contributed by atoms with Crippen molar-refractivity contribution < 1.29 is 0 Å². The van der Waals surface area contributed by atoms with Gasteiger partial charge in [0.1, 0.15) is 0 Å². The van der Waals surface area contributed by atoms with Crippen LogP contribution in [-0.2, 0) is 0 Å². The number of anilines is 2. The Morgan fingerprint density at radius 2 is 0.818 bits per heavy atom. The van der Waals surface area contributed by atoms with Crippen molar-refractivity contribution in [2.75, 3.05) is 23.7 Å². The Balaban J connectivity index is 1.11. The van der Waals surface area contributed by atoms with Crippen LogP contribution < -0.4 is 10.6 Å². The van der Waals surface area contributed by atoms with Crippen LogP contribution in [0.3, 0.4) is 0 Å². The zero-order chi connectivity index (χ0) is 30.1. The molecule has 2 N–H and O–H groups in total. The summed E-state index contributed by atoms with van der Waals surface area (Å²) in [5, 5.41) is 29.4. The third-order valence-electron chi connectivity index (χ3n) is 7.34. The van der Waals surface area contributed by atoms with Gasteiger partial charge in [-0.3, -0.25) is 0 Å². The smallest absolute Gasteiger partial charge is 0.0936 e. The van der Waals surface area contributed by atoms with Gasteiger partial charge in [-0.2, -0.15) is 10.2 Å². The van der Waals surface area contributed by atoms with Crippen molar-refractivity contribution in [3.63, 3.8) is 0 Å². The number of fused-ring (bicyclic) bond motifs is 2. The van der Waals surface area contributed by atoms with E-state index in [-0.39, 0.29) is 0 Å². The molecule has 44 heavy (non-hydrogen) atoms. The van der Waals surface area contributed by atoms with Gasteiger partial charge in [0.2, 0.25) is 0 Å². The Morgan fingerprint density at radius 1 is 0.432 bits per heavy atom. The van der Waals surface area contributed by atoms with E-state index in [1.807, 2.05) is 84.9 Å². The fourth-order valence-corrected chi connectivity index (χ4v) is 5.15. The van der Waals surface area contributed by atoms with E-state index < -0.39 is 0 Å². The molecule has 216 valence electrons. The molecule has 0 saturated carbocycles. The van der Waals surface area contributed by atoms with E-state index in [0.717, 1.165) is 79.9 Å². The minimum absolute atomic E-state index is 0.806. The van der Waals surface area contributed by atoms with Crippen LogP contribution in [0.1, 0.15) is 25.0 Å². The van der Waals surface area contributed by atoms with E-state index in [1.54, 1.807) is 0 Å². The van der Waals surface area contributed by atoms with Gasteiger partial charge in [0.25, 0.3) is 0 Å². The highest BCUT2D eigenvalue weighted by molar-refractivity contribution is 6.01. The summed E-state index contributed by atoms with van der Waals surface area (Å²) >= 11 is 0. The van der Waals surface area contributed by atoms with Crippen molar-refractivity contribution in [2.45, 2.75) is 13.8 Å². The van der Waals surface area contributed by atoms with Gasteiger partial charge in [0, 0.05) is 46.0 Å². The zero-order valence-electron chi connectivity index (χ0n) is 24.9. The van der Waals surface area contributed by atoms with Gasteiger partial charge in [-0.15, -0.1) is 10.2 Å². The van der Waals surface area contributed by atoms with Crippen molar-refractivity contribution >= 4 is 67.8 Å². The van der Waals surface area contributed by atoms with Crippen LogP contribution in [0.15, 0.2) is 142 Å². The molecule has 0 aliphatic rings. The molecule has 0 aliphatic heterocycles. The summed E-state index contributed by atoms with van der Waals surface area (Å²) in [6.45, 7) is 5.93. The molecule has 6 aromatic carbocycles. The lowest BCUT2D eigenvalue weighted by Crippen LogP contribution is -1.96. The maximum Gasteiger partial charge on any atom is 0.0936 e. The zero-order valence-corrected chi connectivity index (χ0v) is 24.9. The van der Waals surface area contributed by atoms with Gasteiger partial charge >= 0.3 is 0 Å². The molecule has 6 nitrogen and oxygen atoms in total. The maximum atomic E-state index is 4.56. The quantitative estimate of drug-likeness (QED) is 0.126. The number of nitrogens with zero attached hydrogens (tertiary/aromatic N) is 4. The molecule has 6 rings (SSSR count). The molecule has 0 saturated heterocycles. The molecule has 0 radical (unpaired) electrons. The Labute approximate surface area is 257 Å². The molecule has 0 atom stereocenters. The topological polar surface area (TPSA) is 73.5 Å². The standard InChI is InChI=1S/C38H34N6/c1-3-39-35-23-25-37(33-11-7-5-9-31(33)35)43-41-29-19-15-27(16-20-29)13-14-28-17-21-30(22-18-28)42-44-38-26-24-36(40-4-2)32-10-6-8-12-34(32)38/h5-26,39-40H,3-4H2,1-2H3. The molecular formula is C38H34N6. The van der Waals surface area contributed by atoms with Gasteiger partial charge in [-0.1, -0.05) is 84.9 Å². The Bertz CT molecular complexity index is 1830. The van der Waals surface area contributed by atoms with E-state index in [0.29, 0.717) is 0 Å². The second-order valence-electron chi connectivity index (χ2n) is 10.3. The second-order valence-corrected chi connectivity index (χ2v) is 10.3. The molecule has 0 aliphatic carbocycles. The highest BCUT2D eigenvalue weighted by atomic mass is 15.1. The fourth-order valence-electron chi connectivity index (χ4n) is 5.15. The fraction of sp³-hybridized carbons (Fsp3) is 0.105. The summed E-state index contributed by atoms with van der Waals surface area (Å²) in [7, 11) is 0. The van der Waals surface area contributed by atoms with Crippen molar-refractivity contribution in [2.24, 2.45) is 20.5 Å². The van der Waals surface area contributed by atoms with Gasteiger partial charge in [0.15, 0.2) is 0 Å². The third kappa shape index (κ3) is 6.55. The summed E-state index contributed by atoms with van der Waals surface area (Å²) in [6.07, 6.45) is 4.17. The molecule has 0 aromatic heterocycles. The summed E-state index contributed by atoms with van der Waals surface area (Å²) in [6, 6.07) is 40.8. The maximum absolute atomic E-state index is 4.56. The summed E-state index contributed by atoms with van der Waals surface area (Å²) < 4.78 is 0. The minimum Gasteiger partial charge on any atom is -0.385 e. The van der Waals surface area contributed by atoms with Gasteiger partial charge < -0.3 is 10.6 Å². The molecule has 0 bridgehead atoms. The first-order chi connectivity index (χ1) is 21.7. The van der Waals surface area contributed by atoms with E-state index in [1.165, 1.54) is 0 Å². The average molecular weight is 575 g/mol. The third-order valence-corrected chi connectivity index (χ3v) is 7.34. The number of nitrogens with one attached hydrogen (secondary N) is 2. The van der Waals surface area contributed by atoms with Crippen LogP contribution in [0.25, 0.3) is 33.7 Å². The molecule has 6 aromatic rings. The molecule has 6 heteroatoms. The Morgan fingerprint density at radius 3 is 1.20 bits per heavy atom. The van der Waals surface area contributed by atoms with Crippen LogP contribution in [0, 0.1) is 0 Å². The van der Waals surface area contributed by atoms with E-state index in [2.05, 4.69) is 93.5 Å². The van der Waals surface area contributed by atoms with Crippen molar-refractivity contribution in [1.82, 2.24) is 0 Å². The van der Waals surface area contributed by atoms with E-state index in [9.17, 15) is 0 Å². The lowest BCUT2D eigenvalue weighted by Gasteiger charge is -2.09. The SMILES string of the molecule is CCNc1ccc(N=Nc2ccc(C=Cc3ccc(N=Nc4ccc(NCC)c5ccccc45)cc3)cc2)c2ccccc12. The van der Waals surface area contributed by atoms with Crippen molar-refractivity contribution in [3.8, 4) is 0 Å². The van der Waals surface area contributed by atoms with Crippen LogP contribution in [0.2, 0.25) is 0 Å². The summed E-state index contributed by atoms with van der Waals surface area (Å²) in [4.78, 5) is 0. The minimum atomic E-state index is 0.806. The molecular weight excluding hydrogens is 540 g/mol. The highest BCUT2D eigenvalue weighted by Gasteiger charge is 2.06. The van der Waals surface area contributed by atoms with Gasteiger partial charge in [0.05, 0.1) is 22.7 Å². The molecule has 0 spiro atoms. The number of rotatable bonds is 10. The predicted molar refractivity (Wildman–Crippen MR) is 186 cm³/mol. The normalized spacial score (nSPS) is 11.8. The van der Waals surface area contributed by atoms with Crippen LogP contribution in [0.5, 0.6) is 0 Å².